The fourth-order valence-electron chi connectivity index (χ4n) is 5.13. The number of anilines is 1. The Hall–Kier alpha value is -5.23. The number of hydrogen-bond donors (Lipinski definition) is 3. The minimum atomic E-state index is -1.13. The van der Waals surface area contributed by atoms with Crippen LogP contribution in [0.3, 0.4) is 0 Å². The van der Waals surface area contributed by atoms with Crippen molar-refractivity contribution in [2.24, 2.45) is 5.73 Å². The highest BCUT2D eigenvalue weighted by atomic mass is 16.6. The molecule has 50 heavy (non-hydrogen) atoms. The molecule has 4 rings (SSSR count). The number of nitrogens with zero attached hydrogens (tertiary/aromatic N) is 2. The predicted octanol–water partition coefficient (Wildman–Crippen LogP) is 7.15. The molecule has 0 saturated carbocycles. The van der Waals surface area contributed by atoms with Crippen molar-refractivity contribution in [2.75, 3.05) is 11.9 Å². The third-order valence-corrected chi connectivity index (χ3v) is 7.41. The summed E-state index contributed by atoms with van der Waals surface area (Å²) in [6.07, 6.45) is 0.802. The molecule has 0 fully saturated rings. The first-order valence-corrected chi connectivity index (χ1v) is 16.7. The molecule has 4 N–H and O–H groups in total. The molecule has 0 saturated heterocycles. The van der Waals surface area contributed by atoms with E-state index in [0.717, 1.165) is 21.2 Å². The molecule has 12 heteroatoms. The van der Waals surface area contributed by atoms with Gasteiger partial charge in [-0.2, -0.15) is 0 Å². The highest BCUT2D eigenvalue weighted by Crippen LogP contribution is 2.29. The van der Waals surface area contributed by atoms with Gasteiger partial charge in [-0.3, -0.25) is 9.59 Å². The van der Waals surface area contributed by atoms with Gasteiger partial charge in [0, 0.05) is 12.2 Å². The third-order valence-electron chi connectivity index (χ3n) is 7.41. The van der Waals surface area contributed by atoms with Crippen LogP contribution < -0.4 is 16.4 Å². The van der Waals surface area contributed by atoms with Crippen molar-refractivity contribution in [1.82, 2.24) is 15.2 Å². The SMILES string of the molecule is CC(C)(C)OC(=O)NCCC[C@@H](N)C(=O)N(C(=O)OC(C)(C)C)[C@H](CCc1ccccc1)c1nc(C(=O)Nc2ccc3ccccc3c2)co1. The van der Waals surface area contributed by atoms with Gasteiger partial charge in [-0.25, -0.2) is 19.5 Å². The minimum Gasteiger partial charge on any atom is -0.446 e. The molecule has 266 valence electrons. The molecule has 0 radical (unpaired) electrons. The molecule has 12 nitrogen and oxygen atoms in total. The summed E-state index contributed by atoms with van der Waals surface area (Å²) in [5.74, 6) is -1.26. The molecule has 0 bridgehead atoms. The van der Waals surface area contributed by atoms with Crippen LogP contribution in [-0.4, -0.2) is 57.7 Å². The zero-order chi connectivity index (χ0) is 36.5. The number of alkyl carbamates (subject to hydrolysis) is 1. The molecule has 0 aliphatic heterocycles. The number of nitrogens with two attached hydrogens (primary N) is 1. The lowest BCUT2D eigenvalue weighted by Crippen LogP contribution is -2.50. The van der Waals surface area contributed by atoms with Gasteiger partial charge < -0.3 is 30.3 Å². The highest BCUT2D eigenvalue weighted by molar-refractivity contribution is 6.03. The van der Waals surface area contributed by atoms with Crippen molar-refractivity contribution in [1.29, 1.82) is 0 Å². The second-order valence-corrected chi connectivity index (χ2v) is 14.0. The summed E-state index contributed by atoms with van der Waals surface area (Å²) in [5, 5.41) is 7.47. The molecule has 2 atom stereocenters. The number of benzene rings is 3. The average molecular weight is 686 g/mol. The molecule has 4 aromatic rings. The molecule has 1 heterocycles. The smallest absolute Gasteiger partial charge is 0.417 e. The summed E-state index contributed by atoms with van der Waals surface area (Å²) in [6, 6.07) is 20.7. The maximum absolute atomic E-state index is 14.0. The summed E-state index contributed by atoms with van der Waals surface area (Å²) in [5.41, 5.74) is 6.27. The van der Waals surface area contributed by atoms with E-state index < -0.39 is 47.3 Å². The van der Waals surface area contributed by atoms with Gasteiger partial charge in [0.05, 0.1) is 6.04 Å². The zero-order valence-corrected chi connectivity index (χ0v) is 29.5. The third kappa shape index (κ3) is 11.2. The predicted molar refractivity (Wildman–Crippen MR) is 190 cm³/mol. The van der Waals surface area contributed by atoms with E-state index in [2.05, 4.69) is 15.6 Å². The monoisotopic (exact) mass is 685 g/mol. The van der Waals surface area contributed by atoms with E-state index in [4.69, 9.17) is 19.6 Å². The van der Waals surface area contributed by atoms with Gasteiger partial charge in [0.15, 0.2) is 5.69 Å². The number of carbonyl (C=O) groups is 4. The Labute approximate surface area is 292 Å². The lowest BCUT2D eigenvalue weighted by molar-refractivity contribution is -0.134. The summed E-state index contributed by atoms with van der Waals surface area (Å²) in [6.45, 7) is 10.5. The van der Waals surface area contributed by atoms with Crippen LogP contribution in [0.2, 0.25) is 0 Å². The second-order valence-electron chi connectivity index (χ2n) is 14.0. The Kier molecular flexibility index (Phi) is 12.4. The van der Waals surface area contributed by atoms with Crippen molar-refractivity contribution >= 4 is 40.5 Å². The number of aromatic nitrogens is 1. The first-order valence-electron chi connectivity index (χ1n) is 16.7. The Balaban J connectivity index is 1.58. The molecule has 0 spiro atoms. The number of hydrogen-bond acceptors (Lipinski definition) is 9. The Morgan fingerprint density at radius 1 is 0.860 bits per heavy atom. The van der Waals surface area contributed by atoms with E-state index in [1.54, 1.807) is 47.6 Å². The molecule has 0 aliphatic rings. The van der Waals surface area contributed by atoms with Gasteiger partial charge in [-0.1, -0.05) is 60.7 Å². The van der Waals surface area contributed by atoms with Crippen LogP contribution in [0.25, 0.3) is 10.8 Å². The largest absolute Gasteiger partial charge is 0.446 e. The van der Waals surface area contributed by atoms with Crippen molar-refractivity contribution < 1.29 is 33.1 Å². The molecular weight excluding hydrogens is 638 g/mol. The van der Waals surface area contributed by atoms with Crippen LogP contribution in [0.1, 0.15) is 88.8 Å². The van der Waals surface area contributed by atoms with E-state index in [-0.39, 0.29) is 31.0 Å². The van der Waals surface area contributed by atoms with Crippen LogP contribution in [-0.2, 0) is 20.7 Å². The lowest BCUT2D eigenvalue weighted by atomic mass is 10.0. The van der Waals surface area contributed by atoms with Gasteiger partial charge in [0.2, 0.25) is 11.8 Å². The first kappa shape index (κ1) is 37.6. The van der Waals surface area contributed by atoms with E-state index in [9.17, 15) is 19.2 Å². The molecule has 3 aromatic carbocycles. The number of aryl methyl sites for hydroxylation is 1. The molecule has 0 aliphatic carbocycles. The maximum Gasteiger partial charge on any atom is 0.417 e. The Morgan fingerprint density at radius 3 is 2.20 bits per heavy atom. The van der Waals surface area contributed by atoms with Crippen molar-refractivity contribution in [3.05, 3.63) is 96.2 Å². The number of nitrogens with one attached hydrogen (secondary N) is 2. The van der Waals surface area contributed by atoms with Crippen LogP contribution >= 0.6 is 0 Å². The number of rotatable bonds is 12. The van der Waals surface area contributed by atoms with E-state index in [0.29, 0.717) is 18.5 Å². The summed E-state index contributed by atoms with van der Waals surface area (Å²) in [4.78, 5) is 58.6. The number of oxazole rings is 1. The fraction of sp³-hybridized carbons (Fsp3) is 0.395. The zero-order valence-electron chi connectivity index (χ0n) is 29.5. The highest BCUT2D eigenvalue weighted by Gasteiger charge is 2.39. The number of amides is 4. The number of carbonyl (C=O) groups excluding carboxylic acids is 4. The molecule has 4 amide bonds. The quantitative estimate of drug-likeness (QED) is 0.131. The number of fused-ring (bicyclic) bond motifs is 1. The maximum atomic E-state index is 14.0. The van der Waals surface area contributed by atoms with Crippen LogP contribution in [0.4, 0.5) is 15.3 Å². The van der Waals surface area contributed by atoms with Gasteiger partial charge in [0.25, 0.3) is 5.91 Å². The summed E-state index contributed by atoms with van der Waals surface area (Å²) < 4.78 is 16.8. The fourth-order valence-corrected chi connectivity index (χ4v) is 5.13. The average Bonchev–Trinajstić information content (AvgIpc) is 3.54. The van der Waals surface area contributed by atoms with Gasteiger partial charge in [0.1, 0.15) is 23.5 Å². The van der Waals surface area contributed by atoms with Crippen LogP contribution in [0.5, 0.6) is 0 Å². The van der Waals surface area contributed by atoms with Gasteiger partial charge in [-0.15, -0.1) is 0 Å². The normalized spacial score (nSPS) is 12.9. The summed E-state index contributed by atoms with van der Waals surface area (Å²) >= 11 is 0. The van der Waals surface area contributed by atoms with Gasteiger partial charge >= 0.3 is 12.2 Å². The number of ether oxygens (including phenoxy) is 2. The van der Waals surface area contributed by atoms with E-state index >= 15 is 0 Å². The lowest BCUT2D eigenvalue weighted by Gasteiger charge is -2.32. The molecule has 0 unspecified atom stereocenters. The summed E-state index contributed by atoms with van der Waals surface area (Å²) in [7, 11) is 0. The molecule has 1 aromatic heterocycles. The van der Waals surface area contributed by atoms with E-state index in [1.165, 1.54) is 6.26 Å². The van der Waals surface area contributed by atoms with Crippen molar-refractivity contribution in [3.63, 3.8) is 0 Å². The van der Waals surface area contributed by atoms with Crippen LogP contribution in [0.15, 0.2) is 83.5 Å². The second kappa shape index (κ2) is 16.4. The topological polar surface area (TPSA) is 166 Å². The van der Waals surface area contributed by atoms with Crippen molar-refractivity contribution in [2.45, 2.75) is 90.5 Å². The van der Waals surface area contributed by atoms with Gasteiger partial charge in [-0.05, 0) is 95.7 Å². The Morgan fingerprint density at radius 2 is 1.52 bits per heavy atom. The standard InChI is InChI=1S/C38H47N5O7/c1-37(2,3)49-35(46)40-22-12-17-29(39)34(45)43(36(47)50-38(4,5)6)31(21-18-25-13-8-7-9-14-25)33-42-30(24-48-33)32(44)41-28-20-19-26-15-10-11-16-27(26)23-28/h7-11,13-16,19-20,23-24,29,31H,12,17-18,21-22,39H2,1-6H3,(H,40,46)(H,41,44)/t29-,31-/m1/s1. The Bertz CT molecular complexity index is 1780. The molecular formula is C38H47N5O7. The van der Waals surface area contributed by atoms with Crippen LogP contribution in [0, 0.1) is 0 Å². The van der Waals surface area contributed by atoms with Crippen molar-refractivity contribution in [3.8, 4) is 0 Å². The van der Waals surface area contributed by atoms with E-state index in [1.807, 2.05) is 66.7 Å². The first-order chi connectivity index (χ1) is 23.6. The number of imide groups is 1. The minimum absolute atomic E-state index is 0.0254.